The summed E-state index contributed by atoms with van der Waals surface area (Å²) in [5.74, 6) is -0.125. The van der Waals surface area contributed by atoms with E-state index in [4.69, 9.17) is 11.6 Å². The fourth-order valence-electron chi connectivity index (χ4n) is 2.91. The summed E-state index contributed by atoms with van der Waals surface area (Å²) in [7, 11) is 0. The van der Waals surface area contributed by atoms with Crippen molar-refractivity contribution in [3.05, 3.63) is 38.3 Å². The predicted molar refractivity (Wildman–Crippen MR) is 106 cm³/mol. The zero-order valence-corrected chi connectivity index (χ0v) is 17.3. The van der Waals surface area contributed by atoms with Crippen molar-refractivity contribution in [2.75, 3.05) is 6.54 Å². The van der Waals surface area contributed by atoms with E-state index in [0.717, 1.165) is 13.0 Å². The zero-order valence-electron chi connectivity index (χ0n) is 13.2. The average Bonchev–Trinajstić information content (AvgIpc) is 2.54. The molecule has 0 unspecified atom stereocenters. The van der Waals surface area contributed by atoms with E-state index >= 15 is 0 Å². The summed E-state index contributed by atoms with van der Waals surface area (Å²) in [4.78, 5) is 29.0. The molecule has 2 aromatic rings. The Hall–Kier alpha value is -0.800. The van der Waals surface area contributed by atoms with E-state index in [1.165, 1.54) is 10.9 Å². The van der Waals surface area contributed by atoms with Gasteiger partial charge in [-0.1, -0.05) is 11.6 Å². The third kappa shape index (κ3) is 4.68. The number of carbonyl (C=O) groups is 1. The first-order valence-electron chi connectivity index (χ1n) is 7.73. The minimum Gasteiger partial charge on any atom is -0.391 e. The van der Waals surface area contributed by atoms with Crippen molar-refractivity contribution >= 4 is 61.2 Å². The molecule has 25 heavy (non-hydrogen) atoms. The fourth-order valence-corrected chi connectivity index (χ4v) is 3.40. The van der Waals surface area contributed by atoms with Gasteiger partial charge in [0.2, 0.25) is 0 Å². The number of aliphatic hydroxyl groups is 1. The molecule has 0 saturated carbocycles. The molecule has 9 heteroatoms. The Balaban J connectivity index is 0.00000225. The van der Waals surface area contributed by atoms with Crippen molar-refractivity contribution in [3.63, 3.8) is 0 Å². The molecule has 2 N–H and O–H groups in total. The molecule has 0 spiro atoms. The number of hydrogen-bond donors (Lipinski definition) is 2. The summed E-state index contributed by atoms with van der Waals surface area (Å²) >= 11 is 9.33. The molecule has 3 rings (SSSR count). The van der Waals surface area contributed by atoms with Crippen LogP contribution in [0.25, 0.3) is 10.9 Å². The number of nitrogens with zero attached hydrogens (tertiary/aromatic N) is 2. The lowest BCUT2D eigenvalue weighted by Gasteiger charge is -2.28. The maximum Gasteiger partial charge on any atom is 0.261 e. The van der Waals surface area contributed by atoms with Crippen LogP contribution < -0.4 is 10.9 Å². The smallest absolute Gasteiger partial charge is 0.261 e. The first-order valence-corrected chi connectivity index (χ1v) is 8.90. The Morgan fingerprint density at radius 2 is 2.24 bits per heavy atom. The second-order valence-electron chi connectivity index (χ2n) is 5.97. The number of aliphatic hydroxyl groups excluding tert-OH is 1. The predicted octanol–water partition coefficient (Wildman–Crippen LogP) is 2.46. The van der Waals surface area contributed by atoms with E-state index in [1.807, 2.05) is 0 Å². The number of ketones is 1. The standard InChI is InChI=1S/C16H17BrClN3O3.BrH/c17-11-6-13-10(5-12(11)18)16(24)21(8-20-13)7-9(22)4-14-15(23)2-1-3-19-14;/h5-6,8,14-15,19,23H,1-4,7H2;1H/t14-,15+;/m0./s1. The van der Waals surface area contributed by atoms with Crippen LogP contribution in [-0.4, -0.2) is 39.1 Å². The van der Waals surface area contributed by atoms with E-state index in [0.29, 0.717) is 26.8 Å². The SMILES string of the molecule is Br.O=C(C[C@@H]1NCCC[C@H]1O)Cn1cnc2cc(Br)c(Cl)cc2c1=O. The molecule has 1 saturated heterocycles. The van der Waals surface area contributed by atoms with Crippen LogP contribution in [-0.2, 0) is 11.3 Å². The topological polar surface area (TPSA) is 84.2 Å². The lowest BCUT2D eigenvalue weighted by atomic mass is 9.97. The summed E-state index contributed by atoms with van der Waals surface area (Å²) < 4.78 is 1.94. The van der Waals surface area contributed by atoms with Gasteiger partial charge < -0.3 is 10.4 Å². The number of rotatable bonds is 4. The highest BCUT2D eigenvalue weighted by atomic mass is 79.9. The van der Waals surface area contributed by atoms with Gasteiger partial charge in [0.05, 0.1) is 34.9 Å². The molecular weight excluding hydrogens is 477 g/mol. The summed E-state index contributed by atoms with van der Waals surface area (Å²) in [6.45, 7) is 0.722. The van der Waals surface area contributed by atoms with Crippen molar-refractivity contribution in [1.82, 2.24) is 14.9 Å². The Kier molecular flexibility index (Phi) is 7.16. The Bertz CT molecular complexity index is 843. The van der Waals surface area contributed by atoms with Crippen LogP contribution >= 0.6 is 44.5 Å². The van der Waals surface area contributed by atoms with Gasteiger partial charge in [0.25, 0.3) is 5.56 Å². The number of fused-ring (bicyclic) bond motifs is 1. The number of Topliss-reactive ketones (excluding diaryl/α,β-unsaturated/α-hetero) is 1. The molecule has 0 radical (unpaired) electrons. The van der Waals surface area contributed by atoms with Crippen LogP contribution in [0.3, 0.4) is 0 Å². The minimum atomic E-state index is -0.523. The molecule has 1 aromatic carbocycles. The highest BCUT2D eigenvalue weighted by Crippen LogP contribution is 2.25. The fraction of sp³-hybridized carbons (Fsp3) is 0.438. The normalized spacial score (nSPS) is 20.3. The van der Waals surface area contributed by atoms with E-state index < -0.39 is 6.10 Å². The van der Waals surface area contributed by atoms with Gasteiger partial charge in [0.1, 0.15) is 0 Å². The van der Waals surface area contributed by atoms with E-state index in [2.05, 4.69) is 26.2 Å². The monoisotopic (exact) mass is 493 g/mol. The van der Waals surface area contributed by atoms with Gasteiger partial charge in [-0.3, -0.25) is 14.2 Å². The number of halogens is 3. The molecule has 0 bridgehead atoms. The quantitative estimate of drug-likeness (QED) is 0.681. The molecule has 2 atom stereocenters. The van der Waals surface area contributed by atoms with Crippen LogP contribution in [0, 0.1) is 0 Å². The molecule has 6 nitrogen and oxygen atoms in total. The third-order valence-corrected chi connectivity index (χ3v) is 5.41. The van der Waals surface area contributed by atoms with Crippen molar-refractivity contribution in [3.8, 4) is 0 Å². The minimum absolute atomic E-state index is 0. The second-order valence-corrected chi connectivity index (χ2v) is 7.24. The molecule has 2 heterocycles. The van der Waals surface area contributed by atoms with Crippen molar-refractivity contribution in [2.45, 2.75) is 38.0 Å². The summed E-state index contributed by atoms with van der Waals surface area (Å²) in [6.07, 6.45) is 2.62. The van der Waals surface area contributed by atoms with Crippen molar-refractivity contribution in [1.29, 1.82) is 0 Å². The Morgan fingerprint density at radius 3 is 2.96 bits per heavy atom. The van der Waals surface area contributed by atoms with Gasteiger partial charge in [0, 0.05) is 16.9 Å². The molecule has 1 aliphatic rings. The van der Waals surface area contributed by atoms with Crippen LogP contribution in [0.4, 0.5) is 0 Å². The highest BCUT2D eigenvalue weighted by Gasteiger charge is 2.25. The average molecular weight is 496 g/mol. The van der Waals surface area contributed by atoms with Gasteiger partial charge in [0.15, 0.2) is 5.78 Å². The van der Waals surface area contributed by atoms with Gasteiger partial charge in [-0.05, 0) is 47.4 Å². The Labute approximate surface area is 168 Å². The maximum absolute atomic E-state index is 12.5. The van der Waals surface area contributed by atoms with Crippen LogP contribution in [0.15, 0.2) is 27.7 Å². The number of piperidine rings is 1. The first-order chi connectivity index (χ1) is 11.5. The number of aromatic nitrogens is 2. The third-order valence-electron chi connectivity index (χ3n) is 4.21. The van der Waals surface area contributed by atoms with Crippen LogP contribution in [0.2, 0.25) is 5.02 Å². The lowest BCUT2D eigenvalue weighted by Crippen LogP contribution is -2.46. The summed E-state index contributed by atoms with van der Waals surface area (Å²) in [5, 5.41) is 13.9. The molecule has 1 aromatic heterocycles. The van der Waals surface area contributed by atoms with Crippen molar-refractivity contribution in [2.24, 2.45) is 0 Å². The highest BCUT2D eigenvalue weighted by molar-refractivity contribution is 9.10. The van der Waals surface area contributed by atoms with Gasteiger partial charge in [-0.2, -0.15) is 0 Å². The molecule has 1 fully saturated rings. The van der Waals surface area contributed by atoms with Gasteiger partial charge >= 0.3 is 0 Å². The summed E-state index contributed by atoms with van der Waals surface area (Å²) in [6, 6.07) is 2.97. The molecule has 0 amide bonds. The number of hydrogen-bond acceptors (Lipinski definition) is 5. The van der Waals surface area contributed by atoms with Crippen LogP contribution in [0.5, 0.6) is 0 Å². The largest absolute Gasteiger partial charge is 0.391 e. The molecule has 0 aliphatic carbocycles. The Morgan fingerprint density at radius 1 is 1.48 bits per heavy atom. The molecule has 1 aliphatic heterocycles. The number of carbonyl (C=O) groups excluding carboxylic acids is 1. The zero-order chi connectivity index (χ0) is 17.3. The second kappa shape index (κ2) is 8.73. The molecular formula is C16H18Br2ClN3O3. The molecule has 136 valence electrons. The van der Waals surface area contributed by atoms with Crippen molar-refractivity contribution < 1.29 is 9.90 Å². The van der Waals surface area contributed by atoms with Gasteiger partial charge in [-0.15, -0.1) is 17.0 Å². The number of nitrogens with one attached hydrogen (secondary N) is 1. The lowest BCUT2D eigenvalue weighted by molar-refractivity contribution is -0.121. The van der Waals surface area contributed by atoms with E-state index in [1.54, 1.807) is 12.1 Å². The van der Waals surface area contributed by atoms with Crippen LogP contribution in [0.1, 0.15) is 19.3 Å². The first kappa shape index (κ1) is 20.5. The summed E-state index contributed by atoms with van der Waals surface area (Å²) in [5.41, 5.74) is 0.212. The maximum atomic E-state index is 12.5. The number of benzene rings is 1. The van der Waals surface area contributed by atoms with E-state index in [9.17, 15) is 14.7 Å². The van der Waals surface area contributed by atoms with E-state index in [-0.39, 0.29) is 47.3 Å². The van der Waals surface area contributed by atoms with Gasteiger partial charge in [-0.25, -0.2) is 4.98 Å².